The predicted molar refractivity (Wildman–Crippen MR) is 194 cm³/mol. The molecule has 9 aliphatic rings. The van der Waals surface area contributed by atoms with Crippen LogP contribution in [0.1, 0.15) is 103 Å². The van der Waals surface area contributed by atoms with Crippen LogP contribution in [0.25, 0.3) is 0 Å². The van der Waals surface area contributed by atoms with E-state index in [4.69, 9.17) is 40.2 Å². The van der Waals surface area contributed by atoms with E-state index in [-0.39, 0.29) is 12.4 Å². The first-order valence-electron chi connectivity index (χ1n) is 18.8. The lowest BCUT2D eigenvalue weighted by Gasteiger charge is -2.35. The van der Waals surface area contributed by atoms with Crippen LogP contribution in [0.2, 0.25) is 0 Å². The van der Waals surface area contributed by atoms with Crippen molar-refractivity contribution in [1.29, 1.82) is 0 Å². The van der Waals surface area contributed by atoms with Crippen molar-refractivity contribution >= 4 is 62.0 Å². The molecule has 0 aromatic rings. The van der Waals surface area contributed by atoms with Crippen molar-refractivity contribution in [2.75, 3.05) is 0 Å². The molecule has 5 aliphatic heterocycles. The Morgan fingerprint density at radius 3 is 0.500 bits per heavy atom. The Morgan fingerprint density at radius 1 is 0.283 bits per heavy atom. The van der Waals surface area contributed by atoms with Gasteiger partial charge in [-0.15, -0.1) is 12.4 Å². The van der Waals surface area contributed by atoms with Gasteiger partial charge < -0.3 is 40.2 Å². The molecule has 8 bridgehead atoms. The van der Waals surface area contributed by atoms with Crippen molar-refractivity contribution in [2.45, 2.75) is 152 Å². The molecule has 9 rings (SSSR count). The van der Waals surface area contributed by atoms with Gasteiger partial charge in [-0.3, -0.25) is 42.5 Å². The standard InChI is InChI=1S/C32H56N8.Al.5ClH/c1-2-10-18-17(9-1)25-33-26(18)38-28-21-13-5-6-14-22(21)30(35-28)40-32-24-16-8-7-15-23(24)31(36-32)39-29-20-12-4-3-11-19(20)27(34-29)37-25;;;;;;/h17-40H,1-16H2;;5*1H/q;+3;;;;;/p-4. The molecule has 0 aromatic heterocycles. The molecular formula is C32H57AlCl5N8-. The van der Waals surface area contributed by atoms with E-state index in [0.717, 1.165) is 47.3 Å². The quantitative estimate of drug-likeness (QED) is 0.156. The highest BCUT2D eigenvalue weighted by Crippen LogP contribution is 2.45. The Kier molecular flexibility index (Phi) is 12.0. The fourth-order valence-corrected chi connectivity index (χ4v) is 12.0. The molecule has 5 heterocycles. The van der Waals surface area contributed by atoms with E-state index in [1.165, 1.54) is 103 Å². The van der Waals surface area contributed by atoms with Gasteiger partial charge in [-0.1, -0.05) is 51.4 Å². The number of hydrogen-bond acceptors (Lipinski definition) is 8. The lowest BCUT2D eigenvalue weighted by atomic mass is 9.76. The molecule has 8 N–H and O–H groups in total. The second-order valence-electron chi connectivity index (χ2n) is 16.1. The summed E-state index contributed by atoms with van der Waals surface area (Å²) in [7, 11) is 17.0. The highest BCUT2D eigenvalue weighted by molar-refractivity contribution is 7.81. The third kappa shape index (κ3) is 7.57. The van der Waals surface area contributed by atoms with E-state index in [1.54, 1.807) is 0 Å². The van der Waals surface area contributed by atoms with Crippen molar-refractivity contribution in [2.24, 2.45) is 47.3 Å². The predicted octanol–water partition coefficient (Wildman–Crippen LogP) is 5.40. The maximum Gasteiger partial charge on any atom is 0.564 e. The fourth-order valence-electron chi connectivity index (χ4n) is 12.0. The minimum absolute atomic E-state index is 0. The molecule has 4 saturated carbocycles. The van der Waals surface area contributed by atoms with Gasteiger partial charge >= 0.3 is 9.39 Å². The van der Waals surface area contributed by atoms with Gasteiger partial charge in [0.1, 0.15) is 0 Å². The molecule has 0 spiro atoms. The van der Waals surface area contributed by atoms with Crippen LogP contribution < -0.4 is 42.5 Å². The fraction of sp³-hybridized carbons (Fsp3) is 1.00. The Balaban J connectivity index is 0.000000526. The van der Waals surface area contributed by atoms with Crippen LogP contribution in [0.5, 0.6) is 0 Å². The van der Waals surface area contributed by atoms with Gasteiger partial charge in [-0.25, -0.2) is 0 Å². The van der Waals surface area contributed by atoms with Gasteiger partial charge in [0, 0.05) is 0 Å². The van der Waals surface area contributed by atoms with Crippen LogP contribution in [0.15, 0.2) is 0 Å². The van der Waals surface area contributed by atoms with Crippen molar-refractivity contribution in [3.8, 4) is 0 Å². The molecule has 5 saturated heterocycles. The Bertz CT molecular complexity index is 815. The minimum Gasteiger partial charge on any atom is -0.391 e. The smallest absolute Gasteiger partial charge is 0.391 e. The largest absolute Gasteiger partial charge is 0.564 e. The average molecular weight is 758 g/mol. The van der Waals surface area contributed by atoms with Gasteiger partial charge in [0.05, 0.1) is 49.3 Å². The normalized spacial score (nSPS) is 51.4. The van der Waals surface area contributed by atoms with Crippen LogP contribution in [0, 0.1) is 47.3 Å². The van der Waals surface area contributed by atoms with E-state index < -0.39 is 9.39 Å². The highest BCUT2D eigenvalue weighted by Gasteiger charge is 2.54. The molecule has 0 radical (unpaired) electrons. The maximum atomic E-state index is 4.99. The van der Waals surface area contributed by atoms with E-state index >= 15 is 0 Å². The van der Waals surface area contributed by atoms with Crippen molar-refractivity contribution in [3.63, 3.8) is 0 Å². The average Bonchev–Trinajstić information content (AvgIpc) is 3.76. The topological polar surface area (TPSA) is 96.2 Å². The van der Waals surface area contributed by atoms with E-state index in [1.807, 2.05) is 0 Å². The van der Waals surface area contributed by atoms with Crippen LogP contribution in [0.3, 0.4) is 0 Å². The second-order valence-corrected chi connectivity index (χ2v) is 29.0. The lowest BCUT2D eigenvalue weighted by molar-refractivity contribution is 0.167. The summed E-state index contributed by atoms with van der Waals surface area (Å²) in [4.78, 5) is 0. The highest BCUT2D eigenvalue weighted by atomic mass is 35.9. The van der Waals surface area contributed by atoms with Crippen molar-refractivity contribution in [3.05, 3.63) is 0 Å². The monoisotopic (exact) mass is 755 g/mol. The molecule has 8 unspecified atom stereocenters. The molecule has 0 amide bonds. The van der Waals surface area contributed by atoms with Crippen LogP contribution >= 0.6 is 52.6 Å². The summed E-state index contributed by atoms with van der Waals surface area (Å²) in [6, 6.07) is 0. The Hall–Kier alpha value is 1.66. The second kappa shape index (κ2) is 15.3. The number of fused-ring (bicyclic) bond motifs is 20. The summed E-state index contributed by atoms with van der Waals surface area (Å²) in [5, 5.41) is 33.8. The van der Waals surface area contributed by atoms with E-state index in [9.17, 15) is 0 Å². The number of halogens is 5. The summed E-state index contributed by atoms with van der Waals surface area (Å²) in [6.07, 6.45) is 25.6. The molecule has 14 heteroatoms. The van der Waals surface area contributed by atoms with Crippen LogP contribution in [0.4, 0.5) is 0 Å². The zero-order valence-corrected chi connectivity index (χ0v) is 32.0. The van der Waals surface area contributed by atoms with E-state index in [2.05, 4.69) is 42.5 Å². The van der Waals surface area contributed by atoms with E-state index in [0.29, 0.717) is 49.3 Å². The minimum atomic E-state index is -2.94. The summed E-state index contributed by atoms with van der Waals surface area (Å²) < 4.78 is 0. The maximum absolute atomic E-state index is 4.99. The number of nitrogens with one attached hydrogen (secondary N) is 8. The molecule has 4 aliphatic carbocycles. The summed E-state index contributed by atoms with van der Waals surface area (Å²) in [5.41, 5.74) is 0. The zero-order valence-electron chi connectivity index (χ0n) is 27.0. The first kappa shape index (κ1) is 36.0. The lowest BCUT2D eigenvalue weighted by Crippen LogP contribution is -2.61. The van der Waals surface area contributed by atoms with Gasteiger partial charge in [-0.2, -0.15) is 0 Å². The summed E-state index contributed by atoms with van der Waals surface area (Å²) >= 11 is 0. The number of rotatable bonds is 0. The van der Waals surface area contributed by atoms with Crippen LogP contribution in [-0.2, 0) is 0 Å². The molecule has 8 nitrogen and oxygen atoms in total. The molecule has 8 atom stereocenters. The van der Waals surface area contributed by atoms with Crippen LogP contribution in [-0.4, -0.2) is 58.7 Å². The van der Waals surface area contributed by atoms with Gasteiger partial charge in [0.2, 0.25) is 0 Å². The SMILES string of the molecule is C1CCC2C3NC(NC4NC(NC5NC(NC6NC(N3)C3CCCCC63)C3CCCCC53)C3CCCCC43)C2C1.Cl.[Cl][Al-]([Cl])([Cl])[Cl]. The molecule has 9 fully saturated rings. The van der Waals surface area contributed by atoms with Gasteiger partial charge in [0.15, 0.2) is 0 Å². The molecule has 46 heavy (non-hydrogen) atoms. The van der Waals surface area contributed by atoms with Crippen molar-refractivity contribution in [1.82, 2.24) is 42.5 Å². The van der Waals surface area contributed by atoms with Gasteiger partial charge in [-0.05, 0) is 98.7 Å². The van der Waals surface area contributed by atoms with Gasteiger partial charge in [0.25, 0.3) is 0 Å². The third-order valence-corrected chi connectivity index (χ3v) is 13.8. The molecule has 264 valence electrons. The Morgan fingerprint density at radius 2 is 0.391 bits per heavy atom. The summed E-state index contributed by atoms with van der Waals surface area (Å²) in [5.74, 6) is 5.97. The zero-order chi connectivity index (χ0) is 30.7. The summed E-state index contributed by atoms with van der Waals surface area (Å²) in [6.45, 7) is 0. The molecule has 0 aromatic carbocycles. The first-order chi connectivity index (χ1) is 21.8. The Labute approximate surface area is 302 Å². The first-order valence-corrected chi connectivity index (χ1v) is 25.7. The van der Waals surface area contributed by atoms with Crippen molar-refractivity contribution < 1.29 is 0 Å². The molecular weight excluding hydrogens is 701 g/mol. The number of hydrogen-bond donors (Lipinski definition) is 8. The third-order valence-electron chi connectivity index (χ3n) is 13.8.